The minimum absolute atomic E-state index is 0.175. The third kappa shape index (κ3) is 5.46. The van der Waals surface area contributed by atoms with E-state index in [1.165, 1.54) is 36.1 Å². The predicted molar refractivity (Wildman–Crippen MR) is 124 cm³/mol. The van der Waals surface area contributed by atoms with Gasteiger partial charge >= 0.3 is 0 Å². The molecule has 166 valence electrons. The second kappa shape index (κ2) is 9.83. The summed E-state index contributed by atoms with van der Waals surface area (Å²) in [6.07, 6.45) is 8.08. The lowest BCUT2D eigenvalue weighted by molar-refractivity contribution is 0.102. The molecule has 31 heavy (non-hydrogen) atoms. The van der Waals surface area contributed by atoms with Crippen LogP contribution in [-0.4, -0.2) is 38.3 Å². The molecule has 0 radical (unpaired) electrons. The van der Waals surface area contributed by atoms with Crippen LogP contribution in [0.1, 0.15) is 55.3 Å². The van der Waals surface area contributed by atoms with Crippen molar-refractivity contribution in [3.63, 3.8) is 0 Å². The van der Waals surface area contributed by atoms with Gasteiger partial charge < -0.3 is 10.6 Å². The van der Waals surface area contributed by atoms with E-state index in [4.69, 9.17) is 0 Å². The summed E-state index contributed by atoms with van der Waals surface area (Å²) in [6, 6.07) is 13.9. The zero-order chi connectivity index (χ0) is 21.7. The highest BCUT2D eigenvalue weighted by molar-refractivity contribution is 7.89. The van der Waals surface area contributed by atoms with Crippen molar-refractivity contribution in [2.75, 3.05) is 30.3 Å². The Bertz CT molecular complexity index is 993. The molecular weight excluding hydrogens is 410 g/mol. The highest BCUT2D eigenvalue weighted by Crippen LogP contribution is 2.25. The summed E-state index contributed by atoms with van der Waals surface area (Å²) in [7, 11) is -3.56. The largest absolute Gasteiger partial charge is 0.385 e. The van der Waals surface area contributed by atoms with Crippen LogP contribution in [0.25, 0.3) is 0 Å². The van der Waals surface area contributed by atoms with Crippen molar-refractivity contribution in [2.24, 2.45) is 5.92 Å². The van der Waals surface area contributed by atoms with Gasteiger partial charge in [-0.15, -0.1) is 0 Å². The van der Waals surface area contributed by atoms with E-state index in [2.05, 4.69) is 10.6 Å². The van der Waals surface area contributed by atoms with Crippen LogP contribution in [0.2, 0.25) is 0 Å². The maximum atomic E-state index is 12.9. The number of anilines is 2. The number of hydrogen-bond donors (Lipinski definition) is 2. The molecule has 7 heteroatoms. The number of amides is 1. The van der Waals surface area contributed by atoms with Crippen LogP contribution in [0.15, 0.2) is 53.4 Å². The van der Waals surface area contributed by atoms with Crippen molar-refractivity contribution in [3.05, 3.63) is 54.1 Å². The molecule has 2 aliphatic rings. The summed E-state index contributed by atoms with van der Waals surface area (Å²) in [5, 5.41) is 6.34. The standard InChI is InChI=1S/C24H31N3O3S/c28-24(26-22-13-11-21(12-14-22)25-18-19-7-2-3-8-19)20-9-6-10-23(17-20)31(29,30)27-15-4-1-5-16-27/h6,9-14,17,19,25H,1-5,7-8,15-16,18H2,(H,26,28). The second-order valence-corrected chi connectivity index (χ2v) is 10.5. The first-order chi connectivity index (χ1) is 15.0. The number of hydrogen-bond acceptors (Lipinski definition) is 4. The Morgan fingerprint density at radius 3 is 2.29 bits per heavy atom. The van der Waals surface area contributed by atoms with Crippen LogP contribution in [0, 0.1) is 5.92 Å². The van der Waals surface area contributed by atoms with Crippen molar-refractivity contribution in [2.45, 2.75) is 49.8 Å². The van der Waals surface area contributed by atoms with Gasteiger partial charge in [-0.05, 0) is 74.1 Å². The smallest absolute Gasteiger partial charge is 0.255 e. The molecule has 2 aromatic rings. The van der Waals surface area contributed by atoms with Crippen molar-refractivity contribution in [3.8, 4) is 0 Å². The van der Waals surface area contributed by atoms with Gasteiger partial charge in [-0.1, -0.05) is 25.3 Å². The number of carbonyl (C=O) groups is 1. The molecule has 1 amide bonds. The van der Waals surface area contributed by atoms with Crippen molar-refractivity contribution in [1.82, 2.24) is 4.31 Å². The molecule has 2 N–H and O–H groups in total. The zero-order valence-corrected chi connectivity index (χ0v) is 18.7. The molecule has 0 bridgehead atoms. The van der Waals surface area contributed by atoms with Gasteiger partial charge in [0.25, 0.3) is 5.91 Å². The fourth-order valence-electron chi connectivity index (χ4n) is 4.40. The van der Waals surface area contributed by atoms with E-state index in [0.717, 1.165) is 37.4 Å². The molecule has 1 saturated carbocycles. The summed E-state index contributed by atoms with van der Waals surface area (Å²) in [4.78, 5) is 12.9. The van der Waals surface area contributed by atoms with Crippen LogP contribution in [0.3, 0.4) is 0 Å². The number of sulfonamides is 1. The number of nitrogens with one attached hydrogen (secondary N) is 2. The Morgan fingerprint density at radius 2 is 1.58 bits per heavy atom. The molecular formula is C24H31N3O3S. The molecule has 0 spiro atoms. The molecule has 2 aromatic carbocycles. The minimum Gasteiger partial charge on any atom is -0.385 e. The SMILES string of the molecule is O=C(Nc1ccc(NCC2CCCC2)cc1)c1cccc(S(=O)(=O)N2CCCCC2)c1. The third-order valence-electron chi connectivity index (χ3n) is 6.26. The Balaban J connectivity index is 1.38. The van der Waals surface area contributed by atoms with E-state index in [-0.39, 0.29) is 10.8 Å². The van der Waals surface area contributed by atoms with Crippen LogP contribution >= 0.6 is 0 Å². The van der Waals surface area contributed by atoms with Gasteiger partial charge in [0.05, 0.1) is 4.90 Å². The van der Waals surface area contributed by atoms with E-state index in [0.29, 0.717) is 24.3 Å². The lowest BCUT2D eigenvalue weighted by atomic mass is 10.1. The molecule has 1 aliphatic carbocycles. The van der Waals surface area contributed by atoms with Gasteiger partial charge in [0.15, 0.2) is 0 Å². The van der Waals surface area contributed by atoms with Gasteiger partial charge in [0.2, 0.25) is 10.0 Å². The normalized spacial score (nSPS) is 18.1. The predicted octanol–water partition coefficient (Wildman–Crippen LogP) is 4.72. The van der Waals surface area contributed by atoms with E-state index in [1.54, 1.807) is 18.2 Å². The first-order valence-corrected chi connectivity index (χ1v) is 12.7. The molecule has 4 rings (SSSR count). The quantitative estimate of drug-likeness (QED) is 0.652. The summed E-state index contributed by atoms with van der Waals surface area (Å²) >= 11 is 0. The lowest BCUT2D eigenvalue weighted by Crippen LogP contribution is -2.35. The Hall–Kier alpha value is -2.38. The second-order valence-electron chi connectivity index (χ2n) is 8.56. The van der Waals surface area contributed by atoms with Crippen LogP contribution in [-0.2, 0) is 10.0 Å². The molecule has 1 heterocycles. The zero-order valence-electron chi connectivity index (χ0n) is 17.8. The van der Waals surface area contributed by atoms with Crippen LogP contribution < -0.4 is 10.6 Å². The topological polar surface area (TPSA) is 78.5 Å². The first kappa shape index (κ1) is 21.8. The number of nitrogens with zero attached hydrogens (tertiary/aromatic N) is 1. The Kier molecular flexibility index (Phi) is 6.92. The lowest BCUT2D eigenvalue weighted by Gasteiger charge is -2.26. The van der Waals surface area contributed by atoms with Gasteiger partial charge in [-0.3, -0.25) is 4.79 Å². The first-order valence-electron chi connectivity index (χ1n) is 11.3. The Morgan fingerprint density at radius 1 is 0.903 bits per heavy atom. The third-order valence-corrected chi connectivity index (χ3v) is 8.16. The fourth-order valence-corrected chi connectivity index (χ4v) is 5.97. The number of piperidine rings is 1. The molecule has 1 saturated heterocycles. The highest BCUT2D eigenvalue weighted by Gasteiger charge is 2.26. The summed E-state index contributed by atoms with van der Waals surface area (Å²) in [5.74, 6) is 0.440. The minimum atomic E-state index is -3.56. The average molecular weight is 442 g/mol. The van der Waals surface area contributed by atoms with Gasteiger partial charge in [0, 0.05) is 36.6 Å². The van der Waals surface area contributed by atoms with Crippen LogP contribution in [0.5, 0.6) is 0 Å². The van der Waals surface area contributed by atoms with Gasteiger partial charge in [-0.2, -0.15) is 4.31 Å². The summed E-state index contributed by atoms with van der Waals surface area (Å²) < 4.78 is 27.3. The highest BCUT2D eigenvalue weighted by atomic mass is 32.2. The molecule has 6 nitrogen and oxygen atoms in total. The molecule has 2 fully saturated rings. The average Bonchev–Trinajstić information content (AvgIpc) is 3.33. The maximum absolute atomic E-state index is 12.9. The monoisotopic (exact) mass is 441 g/mol. The van der Waals surface area contributed by atoms with E-state index >= 15 is 0 Å². The van der Waals surface area contributed by atoms with Crippen molar-refractivity contribution < 1.29 is 13.2 Å². The van der Waals surface area contributed by atoms with E-state index in [1.807, 2.05) is 24.3 Å². The van der Waals surface area contributed by atoms with Crippen LogP contribution in [0.4, 0.5) is 11.4 Å². The summed E-state index contributed by atoms with van der Waals surface area (Å²) in [5.41, 5.74) is 2.06. The molecule has 1 aliphatic heterocycles. The molecule has 0 unspecified atom stereocenters. The molecule has 0 atom stereocenters. The van der Waals surface area contributed by atoms with E-state index < -0.39 is 10.0 Å². The maximum Gasteiger partial charge on any atom is 0.255 e. The Labute approximate surface area is 185 Å². The van der Waals surface area contributed by atoms with E-state index in [9.17, 15) is 13.2 Å². The van der Waals surface area contributed by atoms with Gasteiger partial charge in [0.1, 0.15) is 0 Å². The number of rotatable bonds is 7. The van der Waals surface area contributed by atoms with Crippen molar-refractivity contribution in [1.29, 1.82) is 0 Å². The van der Waals surface area contributed by atoms with Crippen molar-refractivity contribution >= 4 is 27.3 Å². The molecule has 0 aromatic heterocycles. The number of benzene rings is 2. The fraction of sp³-hybridized carbons (Fsp3) is 0.458. The summed E-state index contributed by atoms with van der Waals surface area (Å²) in [6.45, 7) is 2.07. The number of carbonyl (C=O) groups excluding carboxylic acids is 1. The van der Waals surface area contributed by atoms with Gasteiger partial charge in [-0.25, -0.2) is 8.42 Å².